The van der Waals surface area contributed by atoms with Crippen LogP contribution in [0.1, 0.15) is 25.7 Å². The number of anilines is 1. The number of nitrogens with zero attached hydrogens (tertiary/aromatic N) is 1. The molecule has 0 unspecified atom stereocenters. The van der Waals surface area contributed by atoms with Gasteiger partial charge in [-0.05, 0) is 31.4 Å². The van der Waals surface area contributed by atoms with Gasteiger partial charge in [-0.25, -0.2) is 0 Å². The van der Waals surface area contributed by atoms with Crippen LogP contribution >= 0.6 is 0 Å². The van der Waals surface area contributed by atoms with Crippen LogP contribution in [0.3, 0.4) is 0 Å². The van der Waals surface area contributed by atoms with Gasteiger partial charge in [-0.3, -0.25) is 9.59 Å². The van der Waals surface area contributed by atoms with Crippen molar-refractivity contribution in [1.82, 2.24) is 5.32 Å². The van der Waals surface area contributed by atoms with Crippen molar-refractivity contribution in [2.75, 3.05) is 18.6 Å². The first-order valence-corrected chi connectivity index (χ1v) is 7.87. The van der Waals surface area contributed by atoms with E-state index < -0.39 is 0 Å². The van der Waals surface area contributed by atoms with E-state index in [-0.39, 0.29) is 36.3 Å². The third-order valence-corrected chi connectivity index (χ3v) is 4.65. The van der Waals surface area contributed by atoms with Crippen LogP contribution in [0.4, 0.5) is 5.69 Å². The largest absolute Gasteiger partial charge is 0.379 e. The Balaban J connectivity index is 1.62. The summed E-state index contributed by atoms with van der Waals surface area (Å²) in [7, 11) is 1.69. The summed E-state index contributed by atoms with van der Waals surface area (Å²) in [6.45, 7) is 0.457. The maximum absolute atomic E-state index is 12.4. The number of para-hydroxylation sites is 1. The molecule has 1 aromatic rings. The first-order chi connectivity index (χ1) is 10.7. The highest BCUT2D eigenvalue weighted by Crippen LogP contribution is 2.26. The maximum Gasteiger partial charge on any atom is 0.227 e. The van der Waals surface area contributed by atoms with Crippen molar-refractivity contribution in [3.8, 4) is 0 Å². The van der Waals surface area contributed by atoms with Crippen LogP contribution in [0, 0.1) is 5.92 Å². The number of benzene rings is 1. The van der Waals surface area contributed by atoms with Crippen molar-refractivity contribution >= 4 is 17.5 Å². The summed E-state index contributed by atoms with van der Waals surface area (Å²) in [5.41, 5.74) is 0.860. The molecule has 1 aliphatic heterocycles. The quantitative estimate of drug-likeness (QED) is 0.921. The molecule has 0 radical (unpaired) electrons. The van der Waals surface area contributed by atoms with Gasteiger partial charge in [0.2, 0.25) is 11.8 Å². The first-order valence-electron chi connectivity index (χ1n) is 7.87. The minimum Gasteiger partial charge on any atom is -0.379 e. The Kier molecular flexibility index (Phi) is 4.43. The molecule has 3 rings (SSSR count). The second-order valence-corrected chi connectivity index (χ2v) is 6.06. The highest BCUT2D eigenvalue weighted by atomic mass is 16.5. The summed E-state index contributed by atoms with van der Waals surface area (Å²) in [5, 5.41) is 3.07. The first kappa shape index (κ1) is 15.0. The number of ether oxygens (including phenoxy) is 1. The van der Waals surface area contributed by atoms with Crippen LogP contribution in [0.5, 0.6) is 0 Å². The van der Waals surface area contributed by atoms with Crippen molar-refractivity contribution in [2.24, 2.45) is 5.92 Å². The summed E-state index contributed by atoms with van der Waals surface area (Å²) >= 11 is 0. The summed E-state index contributed by atoms with van der Waals surface area (Å²) in [6, 6.07) is 9.60. The van der Waals surface area contributed by atoms with Gasteiger partial charge in [0.05, 0.1) is 18.1 Å². The minimum atomic E-state index is -0.272. The van der Waals surface area contributed by atoms with Crippen molar-refractivity contribution in [3.05, 3.63) is 30.3 Å². The van der Waals surface area contributed by atoms with Gasteiger partial charge in [-0.2, -0.15) is 0 Å². The van der Waals surface area contributed by atoms with E-state index in [0.29, 0.717) is 6.54 Å². The van der Waals surface area contributed by atoms with Crippen LogP contribution in [0.2, 0.25) is 0 Å². The molecular formula is C17H22N2O3. The summed E-state index contributed by atoms with van der Waals surface area (Å²) in [5.74, 6) is -0.285. The number of carbonyl (C=O) groups excluding carboxylic acids is 2. The lowest BCUT2D eigenvalue weighted by molar-refractivity contribution is -0.127. The second kappa shape index (κ2) is 6.48. The lowest BCUT2D eigenvalue weighted by Crippen LogP contribution is -2.44. The normalized spacial score (nSPS) is 28.1. The van der Waals surface area contributed by atoms with E-state index in [0.717, 1.165) is 24.9 Å². The number of rotatable bonds is 4. The molecule has 2 aliphatic rings. The lowest BCUT2D eigenvalue weighted by Gasteiger charge is -2.21. The molecule has 5 heteroatoms. The molecule has 1 aromatic carbocycles. The predicted molar refractivity (Wildman–Crippen MR) is 83.5 cm³/mol. The Hall–Kier alpha value is -1.88. The van der Waals surface area contributed by atoms with Crippen LogP contribution in [-0.4, -0.2) is 37.6 Å². The van der Waals surface area contributed by atoms with E-state index in [1.165, 1.54) is 0 Å². The third-order valence-electron chi connectivity index (χ3n) is 4.65. The summed E-state index contributed by atoms with van der Waals surface area (Å²) in [4.78, 5) is 26.3. The van der Waals surface area contributed by atoms with Crippen molar-refractivity contribution < 1.29 is 14.3 Å². The zero-order valence-electron chi connectivity index (χ0n) is 12.8. The van der Waals surface area contributed by atoms with E-state index in [9.17, 15) is 9.59 Å². The van der Waals surface area contributed by atoms with Gasteiger partial charge in [0, 0.05) is 25.8 Å². The van der Waals surface area contributed by atoms with E-state index in [1.54, 1.807) is 12.0 Å². The van der Waals surface area contributed by atoms with Gasteiger partial charge in [-0.15, -0.1) is 0 Å². The number of hydrogen-bond acceptors (Lipinski definition) is 3. The smallest absolute Gasteiger partial charge is 0.227 e. The molecule has 0 aromatic heterocycles. The minimum absolute atomic E-state index is 0.0149. The fraction of sp³-hybridized carbons (Fsp3) is 0.529. The number of methoxy groups -OCH3 is 1. The van der Waals surface area contributed by atoms with E-state index in [1.807, 2.05) is 30.3 Å². The number of amides is 2. The van der Waals surface area contributed by atoms with Gasteiger partial charge < -0.3 is 15.0 Å². The second-order valence-electron chi connectivity index (χ2n) is 6.06. The molecule has 22 heavy (non-hydrogen) atoms. The molecule has 1 heterocycles. The van der Waals surface area contributed by atoms with Crippen LogP contribution in [-0.2, 0) is 14.3 Å². The van der Waals surface area contributed by atoms with Crippen molar-refractivity contribution in [2.45, 2.75) is 37.8 Å². The third kappa shape index (κ3) is 2.99. The van der Waals surface area contributed by atoms with Gasteiger partial charge in [0.1, 0.15) is 0 Å². The molecular weight excluding hydrogens is 280 g/mol. The fourth-order valence-corrected chi connectivity index (χ4v) is 3.41. The molecule has 1 saturated carbocycles. The van der Waals surface area contributed by atoms with E-state index in [4.69, 9.17) is 4.74 Å². The zero-order valence-corrected chi connectivity index (χ0v) is 12.8. The Labute approximate surface area is 130 Å². The zero-order chi connectivity index (χ0) is 15.5. The monoisotopic (exact) mass is 302 g/mol. The van der Waals surface area contributed by atoms with E-state index in [2.05, 4.69) is 5.32 Å². The molecule has 5 nitrogen and oxygen atoms in total. The molecule has 2 fully saturated rings. The van der Waals surface area contributed by atoms with Gasteiger partial charge >= 0.3 is 0 Å². The molecule has 2 amide bonds. The molecule has 1 saturated heterocycles. The topological polar surface area (TPSA) is 58.6 Å². The highest BCUT2D eigenvalue weighted by molar-refractivity contribution is 6.00. The lowest BCUT2D eigenvalue weighted by atomic mass is 10.1. The molecule has 3 atom stereocenters. The summed E-state index contributed by atoms with van der Waals surface area (Å²) < 4.78 is 5.41. The average molecular weight is 302 g/mol. The standard InChI is InChI=1S/C17H22N2O3/c1-22-15-9-5-8-14(15)18-17(21)12-10-16(20)19(11-12)13-6-3-2-4-7-13/h2-4,6-7,12,14-15H,5,8-11H2,1H3,(H,18,21)/t12-,14-,15+/m0/s1. The Morgan fingerprint density at radius 3 is 2.77 bits per heavy atom. The summed E-state index contributed by atoms with van der Waals surface area (Å²) in [6.07, 6.45) is 3.40. The molecule has 0 bridgehead atoms. The van der Waals surface area contributed by atoms with Crippen LogP contribution in [0.15, 0.2) is 30.3 Å². The SMILES string of the molecule is CO[C@@H]1CCC[C@@H]1NC(=O)[C@H]1CC(=O)N(c2ccccc2)C1. The molecule has 1 aliphatic carbocycles. The van der Waals surface area contributed by atoms with Crippen molar-refractivity contribution in [1.29, 1.82) is 0 Å². The molecule has 118 valence electrons. The van der Waals surface area contributed by atoms with Crippen LogP contribution in [0.25, 0.3) is 0 Å². The van der Waals surface area contributed by atoms with Gasteiger partial charge in [0.25, 0.3) is 0 Å². The molecule has 1 N–H and O–H groups in total. The number of nitrogens with one attached hydrogen (secondary N) is 1. The van der Waals surface area contributed by atoms with Crippen LogP contribution < -0.4 is 10.2 Å². The number of hydrogen-bond donors (Lipinski definition) is 1. The Morgan fingerprint density at radius 2 is 2.05 bits per heavy atom. The van der Waals surface area contributed by atoms with E-state index >= 15 is 0 Å². The van der Waals surface area contributed by atoms with Gasteiger partial charge in [0.15, 0.2) is 0 Å². The predicted octanol–water partition coefficient (Wildman–Crippen LogP) is 1.72. The number of carbonyl (C=O) groups is 2. The highest BCUT2D eigenvalue weighted by Gasteiger charge is 2.37. The maximum atomic E-state index is 12.4. The molecule has 0 spiro atoms. The Bertz CT molecular complexity index is 546. The fourth-order valence-electron chi connectivity index (χ4n) is 3.41. The Morgan fingerprint density at radius 1 is 1.27 bits per heavy atom. The average Bonchev–Trinajstić information content (AvgIpc) is 3.14. The van der Waals surface area contributed by atoms with Crippen molar-refractivity contribution in [3.63, 3.8) is 0 Å². The van der Waals surface area contributed by atoms with Gasteiger partial charge in [-0.1, -0.05) is 18.2 Å².